The first-order chi connectivity index (χ1) is 8.08. The Labute approximate surface area is 103 Å². The molecule has 0 saturated carbocycles. The molecular weight excluding hydrogens is 208 g/mol. The van der Waals surface area contributed by atoms with E-state index < -0.39 is 0 Å². The SMILES string of the molecule is Cc1cc(C)c(Cc2ccccc2O)c(C)c1. The van der Waals surface area contributed by atoms with E-state index in [-0.39, 0.29) is 0 Å². The van der Waals surface area contributed by atoms with Gasteiger partial charge >= 0.3 is 0 Å². The van der Waals surface area contributed by atoms with Crippen LogP contribution in [0.25, 0.3) is 0 Å². The average molecular weight is 226 g/mol. The molecule has 0 spiro atoms. The van der Waals surface area contributed by atoms with Crippen molar-refractivity contribution in [3.8, 4) is 5.75 Å². The summed E-state index contributed by atoms with van der Waals surface area (Å²) in [6.07, 6.45) is 0.796. The van der Waals surface area contributed by atoms with Crippen LogP contribution < -0.4 is 0 Å². The van der Waals surface area contributed by atoms with Gasteiger partial charge in [-0.3, -0.25) is 0 Å². The first-order valence-corrected chi connectivity index (χ1v) is 5.91. The largest absolute Gasteiger partial charge is 0.508 e. The maximum absolute atomic E-state index is 9.81. The molecule has 0 aliphatic heterocycles. The van der Waals surface area contributed by atoms with Crippen LogP contribution in [0.1, 0.15) is 27.8 Å². The summed E-state index contributed by atoms with van der Waals surface area (Å²) < 4.78 is 0. The Morgan fingerprint density at radius 3 is 2.12 bits per heavy atom. The third-order valence-electron chi connectivity index (χ3n) is 3.20. The predicted octanol–water partition coefficient (Wildman–Crippen LogP) is 3.91. The highest BCUT2D eigenvalue weighted by Gasteiger charge is 2.07. The van der Waals surface area contributed by atoms with E-state index in [2.05, 4.69) is 32.9 Å². The van der Waals surface area contributed by atoms with Gasteiger partial charge in [-0.2, -0.15) is 0 Å². The number of benzene rings is 2. The lowest BCUT2D eigenvalue weighted by Gasteiger charge is -2.12. The van der Waals surface area contributed by atoms with Crippen molar-refractivity contribution in [3.05, 3.63) is 64.2 Å². The lowest BCUT2D eigenvalue weighted by atomic mass is 9.94. The molecule has 0 fully saturated rings. The molecule has 2 rings (SSSR count). The summed E-state index contributed by atoms with van der Waals surface area (Å²) in [7, 11) is 0. The van der Waals surface area contributed by atoms with Crippen molar-refractivity contribution in [3.63, 3.8) is 0 Å². The number of hydrogen-bond donors (Lipinski definition) is 1. The molecule has 88 valence electrons. The second kappa shape index (κ2) is 4.62. The molecule has 0 atom stereocenters. The molecule has 0 aromatic heterocycles. The molecule has 0 amide bonds. The van der Waals surface area contributed by atoms with E-state index in [0.29, 0.717) is 5.75 Å². The van der Waals surface area contributed by atoms with Crippen molar-refractivity contribution in [1.29, 1.82) is 0 Å². The van der Waals surface area contributed by atoms with Gasteiger partial charge in [-0.15, -0.1) is 0 Å². The standard InChI is InChI=1S/C16H18O/c1-11-8-12(2)15(13(3)9-11)10-14-6-4-5-7-16(14)17/h4-9,17H,10H2,1-3H3. The zero-order valence-corrected chi connectivity index (χ0v) is 10.6. The van der Waals surface area contributed by atoms with E-state index in [1.807, 2.05) is 18.2 Å². The normalized spacial score (nSPS) is 10.5. The van der Waals surface area contributed by atoms with Crippen molar-refractivity contribution < 1.29 is 5.11 Å². The molecule has 0 aliphatic carbocycles. The van der Waals surface area contributed by atoms with E-state index in [1.54, 1.807) is 6.07 Å². The number of hydrogen-bond acceptors (Lipinski definition) is 1. The molecule has 0 saturated heterocycles. The van der Waals surface area contributed by atoms with Crippen LogP contribution in [0.15, 0.2) is 36.4 Å². The van der Waals surface area contributed by atoms with Crippen molar-refractivity contribution in [2.24, 2.45) is 0 Å². The van der Waals surface area contributed by atoms with Crippen molar-refractivity contribution in [2.75, 3.05) is 0 Å². The first kappa shape index (κ1) is 11.7. The predicted molar refractivity (Wildman–Crippen MR) is 71.6 cm³/mol. The Morgan fingerprint density at radius 2 is 1.53 bits per heavy atom. The molecule has 1 nitrogen and oxygen atoms in total. The van der Waals surface area contributed by atoms with E-state index in [1.165, 1.54) is 22.3 Å². The molecule has 0 radical (unpaired) electrons. The van der Waals surface area contributed by atoms with Crippen LogP contribution in [0, 0.1) is 20.8 Å². The number of phenols is 1. The van der Waals surface area contributed by atoms with Crippen molar-refractivity contribution >= 4 is 0 Å². The van der Waals surface area contributed by atoms with Gasteiger partial charge in [-0.1, -0.05) is 35.9 Å². The fourth-order valence-electron chi connectivity index (χ4n) is 2.34. The molecule has 0 bridgehead atoms. The maximum atomic E-state index is 9.81. The number of aryl methyl sites for hydroxylation is 3. The fraction of sp³-hybridized carbons (Fsp3) is 0.250. The lowest BCUT2D eigenvalue weighted by molar-refractivity contribution is 0.469. The van der Waals surface area contributed by atoms with Gasteiger partial charge in [0.1, 0.15) is 5.75 Å². The highest BCUT2D eigenvalue weighted by Crippen LogP contribution is 2.24. The summed E-state index contributed by atoms with van der Waals surface area (Å²) in [4.78, 5) is 0. The van der Waals surface area contributed by atoms with E-state index in [0.717, 1.165) is 12.0 Å². The van der Waals surface area contributed by atoms with Crippen LogP contribution >= 0.6 is 0 Å². The van der Waals surface area contributed by atoms with Crippen molar-refractivity contribution in [1.82, 2.24) is 0 Å². The van der Waals surface area contributed by atoms with Crippen LogP contribution in [-0.4, -0.2) is 5.11 Å². The molecule has 2 aromatic rings. The summed E-state index contributed by atoms with van der Waals surface area (Å²) in [6, 6.07) is 11.9. The summed E-state index contributed by atoms with van der Waals surface area (Å²) >= 11 is 0. The molecule has 0 heterocycles. The fourth-order valence-corrected chi connectivity index (χ4v) is 2.34. The van der Waals surface area contributed by atoms with Gasteiger partial charge < -0.3 is 5.11 Å². The van der Waals surface area contributed by atoms with Gasteiger partial charge in [0, 0.05) is 6.42 Å². The lowest BCUT2D eigenvalue weighted by Crippen LogP contribution is -1.97. The zero-order chi connectivity index (χ0) is 12.4. The van der Waals surface area contributed by atoms with E-state index in [4.69, 9.17) is 0 Å². The van der Waals surface area contributed by atoms with Gasteiger partial charge in [-0.05, 0) is 49.1 Å². The van der Waals surface area contributed by atoms with Gasteiger partial charge in [0.2, 0.25) is 0 Å². The quantitative estimate of drug-likeness (QED) is 0.823. The van der Waals surface area contributed by atoms with Crippen LogP contribution in [-0.2, 0) is 6.42 Å². The third-order valence-corrected chi connectivity index (χ3v) is 3.20. The minimum atomic E-state index is 0.381. The van der Waals surface area contributed by atoms with Gasteiger partial charge in [0.25, 0.3) is 0 Å². The minimum Gasteiger partial charge on any atom is -0.508 e. The number of aromatic hydroxyl groups is 1. The Kier molecular flexibility index (Phi) is 3.19. The number of phenolic OH excluding ortho intramolecular Hbond substituents is 1. The van der Waals surface area contributed by atoms with E-state index >= 15 is 0 Å². The molecule has 1 heteroatoms. The number of para-hydroxylation sites is 1. The Bertz CT molecular complexity index is 518. The van der Waals surface area contributed by atoms with Crippen molar-refractivity contribution in [2.45, 2.75) is 27.2 Å². The highest BCUT2D eigenvalue weighted by molar-refractivity contribution is 5.43. The Balaban J connectivity index is 2.40. The summed E-state index contributed by atoms with van der Waals surface area (Å²) in [5.74, 6) is 0.381. The highest BCUT2D eigenvalue weighted by atomic mass is 16.3. The minimum absolute atomic E-state index is 0.381. The average Bonchev–Trinajstić information content (AvgIpc) is 2.25. The van der Waals surface area contributed by atoms with Crippen LogP contribution in [0.4, 0.5) is 0 Å². The van der Waals surface area contributed by atoms with Crippen LogP contribution in [0.2, 0.25) is 0 Å². The third kappa shape index (κ3) is 2.50. The topological polar surface area (TPSA) is 20.2 Å². The molecular formula is C16H18O. The van der Waals surface area contributed by atoms with Crippen LogP contribution in [0.5, 0.6) is 5.75 Å². The zero-order valence-electron chi connectivity index (χ0n) is 10.6. The summed E-state index contributed by atoms with van der Waals surface area (Å²) in [5, 5.41) is 9.81. The molecule has 1 N–H and O–H groups in total. The summed E-state index contributed by atoms with van der Waals surface area (Å²) in [5.41, 5.74) is 6.19. The Hall–Kier alpha value is -1.76. The molecule has 17 heavy (non-hydrogen) atoms. The molecule has 2 aromatic carbocycles. The molecule has 0 unspecified atom stereocenters. The molecule has 0 aliphatic rings. The second-order valence-corrected chi connectivity index (χ2v) is 4.68. The first-order valence-electron chi connectivity index (χ1n) is 5.91. The second-order valence-electron chi connectivity index (χ2n) is 4.68. The van der Waals surface area contributed by atoms with Gasteiger partial charge in [-0.25, -0.2) is 0 Å². The Morgan fingerprint density at radius 1 is 0.941 bits per heavy atom. The van der Waals surface area contributed by atoms with Crippen LogP contribution in [0.3, 0.4) is 0 Å². The maximum Gasteiger partial charge on any atom is 0.119 e. The summed E-state index contributed by atoms with van der Waals surface area (Å²) in [6.45, 7) is 6.38. The van der Waals surface area contributed by atoms with Gasteiger partial charge in [0.15, 0.2) is 0 Å². The van der Waals surface area contributed by atoms with Gasteiger partial charge in [0.05, 0.1) is 0 Å². The smallest absolute Gasteiger partial charge is 0.119 e. The number of rotatable bonds is 2. The monoisotopic (exact) mass is 226 g/mol. The van der Waals surface area contributed by atoms with E-state index in [9.17, 15) is 5.11 Å².